The van der Waals surface area contributed by atoms with E-state index in [0.717, 1.165) is 25.6 Å². The number of carbonyl (C=O) groups excluding carboxylic acids is 1. The van der Waals surface area contributed by atoms with E-state index in [-0.39, 0.29) is 30.7 Å². The van der Waals surface area contributed by atoms with Crippen LogP contribution in [0, 0.1) is 11.6 Å². The summed E-state index contributed by atoms with van der Waals surface area (Å²) in [5, 5.41) is 14.2. The van der Waals surface area contributed by atoms with Crippen molar-refractivity contribution in [2.45, 2.75) is 19.0 Å². The van der Waals surface area contributed by atoms with Crippen LogP contribution in [0.25, 0.3) is 10.9 Å². The van der Waals surface area contributed by atoms with Gasteiger partial charge in [-0.25, -0.2) is 18.7 Å². The van der Waals surface area contributed by atoms with E-state index in [9.17, 15) is 14.3 Å². The maximum Gasteiger partial charge on any atom is 0.239 e. The average Bonchev–Trinajstić information content (AvgIpc) is 3.41. The maximum atomic E-state index is 15.1. The molecule has 1 aliphatic heterocycles. The standard InChI is InChI=1S/C27H29F2N7O4/c28-22-3-1-4-24(26(22)29)36(18-12-33-35(13-18)14-25(30)38)27-21-6-5-20(11-23(21)31-17-32-27)40-9-2-7-34-8-10-39-16-19(34)15-37/h1,3-6,11-13,17,19,37H,2,7-10,14-16H2,(H2,30,38)/t19-/m0/s1. The number of fused-ring (bicyclic) bond motifs is 1. The van der Waals surface area contributed by atoms with Crippen LogP contribution in [0.3, 0.4) is 0 Å². The van der Waals surface area contributed by atoms with E-state index in [2.05, 4.69) is 20.0 Å². The SMILES string of the molecule is NC(=O)Cn1cc(N(c2cccc(F)c2F)c2ncnc3cc(OCCCN4CCOC[C@@H]4CO)ccc23)cn1. The van der Waals surface area contributed by atoms with E-state index in [0.29, 0.717) is 42.2 Å². The minimum Gasteiger partial charge on any atom is -0.493 e. The molecule has 210 valence electrons. The molecular formula is C27H29F2N7O4. The van der Waals surface area contributed by atoms with Crippen LogP contribution in [-0.2, 0) is 16.1 Å². The van der Waals surface area contributed by atoms with Gasteiger partial charge in [0.2, 0.25) is 5.91 Å². The number of morpholine rings is 1. The lowest BCUT2D eigenvalue weighted by Gasteiger charge is -2.34. The fraction of sp³-hybridized carbons (Fsp3) is 0.333. The van der Waals surface area contributed by atoms with Crippen molar-refractivity contribution in [1.82, 2.24) is 24.6 Å². The number of rotatable bonds is 11. The molecule has 13 heteroatoms. The van der Waals surface area contributed by atoms with E-state index in [1.165, 1.54) is 40.4 Å². The zero-order valence-electron chi connectivity index (χ0n) is 21.6. The zero-order valence-corrected chi connectivity index (χ0v) is 21.6. The van der Waals surface area contributed by atoms with Gasteiger partial charge in [0.25, 0.3) is 0 Å². The molecule has 0 bridgehead atoms. The Labute approximate surface area is 228 Å². The highest BCUT2D eigenvalue weighted by molar-refractivity contribution is 5.95. The van der Waals surface area contributed by atoms with E-state index in [1.807, 2.05) is 0 Å². The Morgan fingerprint density at radius 1 is 1.25 bits per heavy atom. The quantitative estimate of drug-likeness (QED) is 0.269. The Kier molecular flexibility index (Phi) is 8.43. The van der Waals surface area contributed by atoms with Crippen LogP contribution < -0.4 is 15.4 Å². The van der Waals surface area contributed by atoms with Crippen molar-refractivity contribution in [3.8, 4) is 5.75 Å². The number of nitrogens with zero attached hydrogens (tertiary/aromatic N) is 6. The van der Waals surface area contributed by atoms with Gasteiger partial charge in [0.15, 0.2) is 11.6 Å². The van der Waals surface area contributed by atoms with E-state index < -0.39 is 17.5 Å². The number of hydrogen-bond acceptors (Lipinski definition) is 9. The fourth-order valence-corrected chi connectivity index (χ4v) is 4.65. The molecule has 1 aliphatic rings. The van der Waals surface area contributed by atoms with E-state index in [4.69, 9.17) is 15.2 Å². The van der Waals surface area contributed by atoms with Crippen molar-refractivity contribution in [3.63, 3.8) is 0 Å². The molecule has 11 nitrogen and oxygen atoms in total. The molecule has 3 heterocycles. The summed E-state index contributed by atoms with van der Waals surface area (Å²) >= 11 is 0. The first-order valence-electron chi connectivity index (χ1n) is 12.8. The van der Waals surface area contributed by atoms with Gasteiger partial charge in [0.05, 0.1) is 55.6 Å². The van der Waals surface area contributed by atoms with Crippen LogP contribution in [0.1, 0.15) is 6.42 Å². The minimum absolute atomic E-state index is 0.00156. The van der Waals surface area contributed by atoms with Crippen molar-refractivity contribution < 1.29 is 28.2 Å². The highest BCUT2D eigenvalue weighted by Crippen LogP contribution is 2.39. The molecule has 0 spiro atoms. The number of ether oxygens (including phenoxy) is 2. The summed E-state index contributed by atoms with van der Waals surface area (Å²) in [6, 6.07) is 9.10. The van der Waals surface area contributed by atoms with E-state index >= 15 is 4.39 Å². The molecule has 0 radical (unpaired) electrons. The molecule has 2 aromatic heterocycles. The number of aliphatic hydroxyl groups is 1. The maximum absolute atomic E-state index is 15.1. The minimum atomic E-state index is -1.07. The number of benzene rings is 2. The van der Waals surface area contributed by atoms with Crippen LogP contribution >= 0.6 is 0 Å². The summed E-state index contributed by atoms with van der Waals surface area (Å²) < 4.78 is 42.0. The molecular weight excluding hydrogens is 524 g/mol. The molecule has 1 atom stereocenters. The smallest absolute Gasteiger partial charge is 0.239 e. The molecule has 40 heavy (non-hydrogen) atoms. The zero-order chi connectivity index (χ0) is 28.1. The van der Waals surface area contributed by atoms with Gasteiger partial charge >= 0.3 is 0 Å². The average molecular weight is 554 g/mol. The van der Waals surface area contributed by atoms with Crippen LogP contribution in [0.2, 0.25) is 0 Å². The molecule has 0 saturated carbocycles. The Balaban J connectivity index is 1.40. The third-order valence-electron chi connectivity index (χ3n) is 6.59. The van der Waals surface area contributed by atoms with Crippen LogP contribution in [0.15, 0.2) is 55.1 Å². The topological polar surface area (TPSA) is 132 Å². The normalized spacial score (nSPS) is 15.8. The Morgan fingerprint density at radius 2 is 2.12 bits per heavy atom. The number of anilines is 3. The second-order valence-electron chi connectivity index (χ2n) is 9.30. The van der Waals surface area contributed by atoms with Crippen LogP contribution in [0.5, 0.6) is 5.75 Å². The number of hydrogen-bond donors (Lipinski definition) is 2. The second kappa shape index (κ2) is 12.3. The van der Waals surface area contributed by atoms with Gasteiger partial charge in [-0.3, -0.25) is 19.3 Å². The molecule has 0 aliphatic carbocycles. The van der Waals surface area contributed by atoms with Gasteiger partial charge in [0, 0.05) is 30.7 Å². The predicted molar refractivity (Wildman–Crippen MR) is 142 cm³/mol. The molecule has 5 rings (SSSR count). The van der Waals surface area contributed by atoms with Crippen LogP contribution in [-0.4, -0.2) is 81.2 Å². The first-order valence-corrected chi connectivity index (χ1v) is 12.8. The van der Waals surface area contributed by atoms with Gasteiger partial charge in [-0.1, -0.05) is 6.07 Å². The van der Waals surface area contributed by atoms with Gasteiger partial charge in [-0.05, 0) is 30.7 Å². The summed E-state index contributed by atoms with van der Waals surface area (Å²) in [6.07, 6.45) is 4.99. The van der Waals surface area contributed by atoms with Crippen molar-refractivity contribution in [2.24, 2.45) is 5.73 Å². The van der Waals surface area contributed by atoms with Crippen molar-refractivity contribution in [1.29, 1.82) is 0 Å². The number of halogens is 2. The lowest BCUT2D eigenvalue weighted by atomic mass is 10.2. The molecule has 0 unspecified atom stereocenters. The van der Waals surface area contributed by atoms with Gasteiger partial charge in [0.1, 0.15) is 24.4 Å². The fourth-order valence-electron chi connectivity index (χ4n) is 4.65. The number of amides is 1. The Hall–Kier alpha value is -4.20. The first-order chi connectivity index (χ1) is 19.4. The van der Waals surface area contributed by atoms with Crippen molar-refractivity contribution >= 4 is 34.0 Å². The number of aliphatic hydroxyl groups excluding tert-OH is 1. The molecule has 3 N–H and O–H groups in total. The molecule has 4 aromatic rings. The Morgan fingerprint density at radius 3 is 2.95 bits per heavy atom. The van der Waals surface area contributed by atoms with E-state index in [1.54, 1.807) is 18.2 Å². The second-order valence-corrected chi connectivity index (χ2v) is 9.30. The number of aromatic nitrogens is 4. The van der Waals surface area contributed by atoms with Crippen molar-refractivity contribution in [2.75, 3.05) is 44.4 Å². The first kappa shape index (κ1) is 27.4. The highest BCUT2D eigenvalue weighted by Gasteiger charge is 2.24. The third-order valence-corrected chi connectivity index (χ3v) is 6.59. The summed E-state index contributed by atoms with van der Waals surface area (Å²) in [5.41, 5.74) is 6.06. The van der Waals surface area contributed by atoms with Gasteiger partial charge in [-0.2, -0.15) is 5.10 Å². The summed E-state index contributed by atoms with van der Waals surface area (Å²) in [4.78, 5) is 23.7. The number of primary amides is 1. The predicted octanol–water partition coefficient (Wildman–Crippen LogP) is 2.52. The lowest BCUT2D eigenvalue weighted by Crippen LogP contribution is -2.47. The highest BCUT2D eigenvalue weighted by atomic mass is 19.2. The number of nitrogens with two attached hydrogens (primary N) is 1. The van der Waals surface area contributed by atoms with Crippen molar-refractivity contribution in [3.05, 3.63) is 66.8 Å². The molecule has 2 aromatic carbocycles. The van der Waals surface area contributed by atoms with Crippen LogP contribution in [0.4, 0.5) is 26.0 Å². The molecule has 1 fully saturated rings. The lowest BCUT2D eigenvalue weighted by molar-refractivity contribution is -0.118. The summed E-state index contributed by atoms with van der Waals surface area (Å²) in [5.74, 6) is -1.82. The third kappa shape index (κ3) is 6.01. The summed E-state index contributed by atoms with van der Waals surface area (Å²) in [7, 11) is 0. The molecule has 1 saturated heterocycles. The Bertz CT molecular complexity index is 1480. The monoisotopic (exact) mass is 553 g/mol. The largest absolute Gasteiger partial charge is 0.493 e. The van der Waals surface area contributed by atoms with Gasteiger partial charge in [-0.15, -0.1) is 0 Å². The summed E-state index contributed by atoms with van der Waals surface area (Å²) in [6.45, 7) is 3.03. The molecule has 1 amide bonds. The number of carbonyl (C=O) groups is 1. The van der Waals surface area contributed by atoms with Gasteiger partial charge < -0.3 is 20.3 Å².